The van der Waals surface area contributed by atoms with E-state index in [-0.39, 0.29) is 10.6 Å². The molecule has 0 fully saturated rings. The van der Waals surface area contributed by atoms with Crippen molar-refractivity contribution < 1.29 is 22.8 Å². The molecule has 0 saturated carbocycles. The standard InChI is InChI=1S/C13H15F3N2O2S/c14-13(15,16)12(20)18-11-9(10(17)19)7-5-3-1-2-4-6-8(7)21-11/h1-6H2,(H2,17,19)(H,18,20). The molecule has 0 aromatic carbocycles. The second-order valence-corrected chi connectivity index (χ2v) is 6.04. The van der Waals surface area contributed by atoms with Crippen LogP contribution in [0, 0.1) is 0 Å². The van der Waals surface area contributed by atoms with Gasteiger partial charge in [-0.2, -0.15) is 13.2 Å². The number of alkyl halides is 3. The van der Waals surface area contributed by atoms with Gasteiger partial charge in [0.05, 0.1) is 5.56 Å². The van der Waals surface area contributed by atoms with Gasteiger partial charge in [0.2, 0.25) is 0 Å². The van der Waals surface area contributed by atoms with Gasteiger partial charge >= 0.3 is 12.1 Å². The number of rotatable bonds is 2. The maximum Gasteiger partial charge on any atom is 0.471 e. The molecule has 0 radical (unpaired) electrons. The van der Waals surface area contributed by atoms with E-state index in [1.807, 2.05) is 0 Å². The van der Waals surface area contributed by atoms with E-state index in [0.29, 0.717) is 18.4 Å². The van der Waals surface area contributed by atoms with Crippen LogP contribution in [0.15, 0.2) is 0 Å². The van der Waals surface area contributed by atoms with Crippen molar-refractivity contribution in [3.8, 4) is 0 Å². The van der Waals surface area contributed by atoms with Gasteiger partial charge in [0, 0.05) is 4.88 Å². The number of hydrogen-bond donors (Lipinski definition) is 2. The summed E-state index contributed by atoms with van der Waals surface area (Å²) >= 11 is 1.02. The first-order chi connectivity index (χ1) is 9.80. The zero-order valence-corrected chi connectivity index (χ0v) is 12.0. The Bertz CT molecular complexity index is 566. The van der Waals surface area contributed by atoms with Crippen molar-refractivity contribution >= 4 is 28.2 Å². The van der Waals surface area contributed by atoms with E-state index in [1.54, 1.807) is 5.32 Å². The summed E-state index contributed by atoms with van der Waals surface area (Å²) in [6.45, 7) is 0. The van der Waals surface area contributed by atoms with E-state index in [4.69, 9.17) is 5.73 Å². The number of fused-ring (bicyclic) bond motifs is 1. The van der Waals surface area contributed by atoms with Gasteiger partial charge in [0.15, 0.2) is 0 Å². The van der Waals surface area contributed by atoms with Crippen LogP contribution in [0.1, 0.15) is 46.5 Å². The van der Waals surface area contributed by atoms with Gasteiger partial charge < -0.3 is 11.1 Å². The number of amides is 2. The van der Waals surface area contributed by atoms with E-state index < -0.39 is 18.0 Å². The first-order valence-corrected chi connectivity index (χ1v) is 7.45. The van der Waals surface area contributed by atoms with E-state index >= 15 is 0 Å². The highest BCUT2D eigenvalue weighted by Crippen LogP contribution is 2.37. The first kappa shape index (κ1) is 15.8. The molecule has 21 heavy (non-hydrogen) atoms. The molecule has 1 aliphatic carbocycles. The Hall–Kier alpha value is -1.57. The summed E-state index contributed by atoms with van der Waals surface area (Å²) in [7, 11) is 0. The van der Waals surface area contributed by atoms with Gasteiger partial charge in [0.25, 0.3) is 5.91 Å². The van der Waals surface area contributed by atoms with E-state index in [1.165, 1.54) is 0 Å². The molecule has 1 heterocycles. The monoisotopic (exact) mass is 320 g/mol. The molecule has 1 aromatic rings. The Morgan fingerprint density at radius 2 is 1.71 bits per heavy atom. The van der Waals surface area contributed by atoms with E-state index in [0.717, 1.165) is 41.9 Å². The van der Waals surface area contributed by atoms with E-state index in [9.17, 15) is 22.8 Å². The predicted molar refractivity (Wildman–Crippen MR) is 73.4 cm³/mol. The molecular weight excluding hydrogens is 305 g/mol. The average Bonchev–Trinajstić information content (AvgIpc) is 2.65. The van der Waals surface area contributed by atoms with Crippen LogP contribution in [0.2, 0.25) is 0 Å². The number of nitrogens with one attached hydrogen (secondary N) is 1. The molecule has 0 spiro atoms. The Morgan fingerprint density at radius 1 is 1.10 bits per heavy atom. The normalized spacial score (nSPS) is 15.8. The Balaban J connectivity index is 2.39. The minimum absolute atomic E-state index is 0.0366. The van der Waals surface area contributed by atoms with Gasteiger partial charge in [-0.05, 0) is 31.2 Å². The predicted octanol–water partition coefficient (Wildman–Crippen LogP) is 3.01. The Kier molecular flexibility index (Phi) is 4.55. The largest absolute Gasteiger partial charge is 0.471 e. The fourth-order valence-corrected chi connectivity index (χ4v) is 3.73. The molecule has 2 amide bonds. The average molecular weight is 320 g/mol. The van der Waals surface area contributed by atoms with Crippen LogP contribution >= 0.6 is 11.3 Å². The van der Waals surface area contributed by atoms with Crippen LogP contribution in [0.3, 0.4) is 0 Å². The molecule has 4 nitrogen and oxygen atoms in total. The summed E-state index contributed by atoms with van der Waals surface area (Å²) in [6.07, 6.45) is 0.140. The third-order valence-electron chi connectivity index (χ3n) is 3.40. The number of carbonyl (C=O) groups is 2. The lowest BCUT2D eigenvalue weighted by Crippen LogP contribution is -2.30. The summed E-state index contributed by atoms with van der Waals surface area (Å²) in [6, 6.07) is 0. The van der Waals surface area contributed by atoms with Crippen LogP contribution in [0.25, 0.3) is 0 Å². The number of aryl methyl sites for hydroxylation is 1. The third kappa shape index (κ3) is 3.55. The number of primary amides is 1. The number of nitrogens with two attached hydrogens (primary N) is 1. The highest BCUT2D eigenvalue weighted by atomic mass is 32.1. The molecule has 3 N–H and O–H groups in total. The topological polar surface area (TPSA) is 72.2 Å². The highest BCUT2D eigenvalue weighted by Gasteiger charge is 2.40. The SMILES string of the molecule is NC(=O)c1c(NC(=O)C(F)(F)F)sc2c1CCCCCC2. The van der Waals surface area contributed by atoms with Gasteiger partial charge in [-0.1, -0.05) is 12.8 Å². The molecule has 0 bridgehead atoms. The Morgan fingerprint density at radius 3 is 2.29 bits per heavy atom. The molecule has 8 heteroatoms. The summed E-state index contributed by atoms with van der Waals surface area (Å²) < 4.78 is 37.1. The van der Waals surface area contributed by atoms with Crippen LogP contribution in [-0.2, 0) is 17.6 Å². The number of thiophene rings is 1. The fraction of sp³-hybridized carbons (Fsp3) is 0.538. The molecule has 1 aromatic heterocycles. The maximum absolute atomic E-state index is 12.4. The third-order valence-corrected chi connectivity index (χ3v) is 4.61. The van der Waals surface area contributed by atoms with Crippen LogP contribution in [0.5, 0.6) is 0 Å². The summed E-state index contributed by atoms with van der Waals surface area (Å²) in [4.78, 5) is 23.5. The van der Waals surface area contributed by atoms with Crippen LogP contribution < -0.4 is 11.1 Å². The quantitative estimate of drug-likeness (QED) is 0.879. The molecule has 1 aliphatic rings. The molecule has 2 rings (SSSR count). The molecule has 0 saturated heterocycles. The Labute approximate surface area is 123 Å². The molecule has 0 atom stereocenters. The van der Waals surface area contributed by atoms with Crippen LogP contribution in [0.4, 0.5) is 18.2 Å². The lowest BCUT2D eigenvalue weighted by atomic mass is 9.96. The number of anilines is 1. The lowest BCUT2D eigenvalue weighted by molar-refractivity contribution is -0.167. The fourth-order valence-electron chi connectivity index (χ4n) is 2.44. The molecular formula is C13H15F3N2O2S. The minimum Gasteiger partial charge on any atom is -0.365 e. The van der Waals surface area contributed by atoms with Gasteiger partial charge in [-0.15, -0.1) is 11.3 Å². The van der Waals surface area contributed by atoms with Crippen LogP contribution in [-0.4, -0.2) is 18.0 Å². The molecule has 0 unspecified atom stereocenters. The van der Waals surface area contributed by atoms with Crippen molar-refractivity contribution in [2.24, 2.45) is 5.73 Å². The second-order valence-electron chi connectivity index (χ2n) is 4.94. The number of halogens is 3. The lowest BCUT2D eigenvalue weighted by Gasteiger charge is -2.10. The number of carbonyl (C=O) groups excluding carboxylic acids is 2. The number of hydrogen-bond acceptors (Lipinski definition) is 3. The molecule has 0 aliphatic heterocycles. The van der Waals surface area contributed by atoms with Crippen molar-refractivity contribution in [1.82, 2.24) is 0 Å². The summed E-state index contributed by atoms with van der Waals surface area (Å²) in [5, 5.41) is 1.70. The highest BCUT2D eigenvalue weighted by molar-refractivity contribution is 7.17. The maximum atomic E-state index is 12.4. The van der Waals surface area contributed by atoms with Crippen molar-refractivity contribution in [1.29, 1.82) is 0 Å². The van der Waals surface area contributed by atoms with Gasteiger partial charge in [-0.3, -0.25) is 9.59 Å². The zero-order valence-electron chi connectivity index (χ0n) is 11.2. The van der Waals surface area contributed by atoms with Crippen molar-refractivity contribution in [3.63, 3.8) is 0 Å². The smallest absolute Gasteiger partial charge is 0.365 e. The summed E-state index contributed by atoms with van der Waals surface area (Å²) in [5.74, 6) is -2.88. The van der Waals surface area contributed by atoms with E-state index in [2.05, 4.69) is 0 Å². The van der Waals surface area contributed by atoms with Crippen molar-refractivity contribution in [2.75, 3.05) is 5.32 Å². The van der Waals surface area contributed by atoms with Gasteiger partial charge in [0.1, 0.15) is 5.00 Å². The molecule has 116 valence electrons. The summed E-state index contributed by atoms with van der Waals surface area (Å²) in [5.41, 5.74) is 6.03. The first-order valence-electron chi connectivity index (χ1n) is 6.63. The van der Waals surface area contributed by atoms with Crippen molar-refractivity contribution in [2.45, 2.75) is 44.7 Å². The zero-order chi connectivity index (χ0) is 15.6. The van der Waals surface area contributed by atoms with Gasteiger partial charge in [-0.25, -0.2) is 0 Å². The second kappa shape index (κ2) is 6.05. The minimum atomic E-state index is -4.99. The van der Waals surface area contributed by atoms with Crippen molar-refractivity contribution in [3.05, 3.63) is 16.0 Å².